The van der Waals surface area contributed by atoms with Crippen LogP contribution in [0.1, 0.15) is 18.1 Å². The van der Waals surface area contributed by atoms with Gasteiger partial charge in [0.2, 0.25) is 0 Å². The van der Waals surface area contributed by atoms with Crippen molar-refractivity contribution in [1.82, 2.24) is 4.72 Å². The molecule has 0 bridgehead atoms. The minimum atomic E-state index is -0.160. The lowest BCUT2D eigenvalue weighted by Gasteiger charge is -2.05. The van der Waals surface area contributed by atoms with Crippen LogP contribution < -0.4 is 4.72 Å². The first-order valence-electron chi connectivity index (χ1n) is 7.71. The third kappa shape index (κ3) is 5.38. The van der Waals surface area contributed by atoms with Crippen molar-refractivity contribution >= 4 is 22.7 Å². The Kier molecular flexibility index (Phi) is 7.11. The van der Waals surface area contributed by atoms with Crippen molar-refractivity contribution in [3.05, 3.63) is 83.7 Å². The molecule has 0 aromatic heterocycles. The summed E-state index contributed by atoms with van der Waals surface area (Å²) in [5, 5.41) is 2.66. The van der Waals surface area contributed by atoms with Gasteiger partial charge in [-0.05, 0) is 46.7 Å². The van der Waals surface area contributed by atoms with Crippen molar-refractivity contribution in [2.24, 2.45) is 0 Å². The minimum Gasteiger partial charge on any atom is -0.260 e. The summed E-state index contributed by atoms with van der Waals surface area (Å²) >= 11 is 1.66. The van der Waals surface area contributed by atoms with E-state index < -0.39 is 0 Å². The van der Waals surface area contributed by atoms with Gasteiger partial charge in [-0.1, -0.05) is 73.5 Å². The number of rotatable bonds is 4. The summed E-state index contributed by atoms with van der Waals surface area (Å²) in [6.45, 7) is 2.97. The number of fused-ring (bicyclic) bond motifs is 1. The topological polar surface area (TPSA) is 12.0 Å². The molecular formula is C20H22FNS. The van der Waals surface area contributed by atoms with Crippen LogP contribution in [0.25, 0.3) is 10.8 Å². The van der Waals surface area contributed by atoms with Gasteiger partial charge in [0.1, 0.15) is 5.82 Å². The van der Waals surface area contributed by atoms with Crippen LogP contribution in [0, 0.1) is 5.82 Å². The van der Waals surface area contributed by atoms with Gasteiger partial charge in [-0.15, -0.1) is 0 Å². The molecule has 0 amide bonds. The van der Waals surface area contributed by atoms with Crippen LogP contribution in [-0.4, -0.2) is 6.26 Å². The summed E-state index contributed by atoms with van der Waals surface area (Å²) in [5.74, 6) is -0.160. The van der Waals surface area contributed by atoms with Crippen LogP contribution in [0.15, 0.2) is 66.7 Å². The zero-order valence-electron chi connectivity index (χ0n) is 13.6. The van der Waals surface area contributed by atoms with Gasteiger partial charge in [0, 0.05) is 6.54 Å². The monoisotopic (exact) mass is 327 g/mol. The molecule has 120 valence electrons. The molecule has 0 aliphatic carbocycles. The van der Waals surface area contributed by atoms with E-state index in [2.05, 4.69) is 47.2 Å². The fourth-order valence-electron chi connectivity index (χ4n) is 2.32. The van der Waals surface area contributed by atoms with E-state index in [1.807, 2.05) is 13.2 Å². The lowest BCUT2D eigenvalue weighted by atomic mass is 10.1. The number of halogens is 1. The first kappa shape index (κ1) is 17.5. The van der Waals surface area contributed by atoms with Gasteiger partial charge in [0.25, 0.3) is 0 Å². The van der Waals surface area contributed by atoms with Crippen LogP contribution in [0.4, 0.5) is 4.39 Å². The molecule has 0 aliphatic rings. The Morgan fingerprint density at radius 2 is 1.61 bits per heavy atom. The average Bonchev–Trinajstić information content (AvgIpc) is 2.61. The van der Waals surface area contributed by atoms with E-state index in [1.54, 1.807) is 24.1 Å². The summed E-state index contributed by atoms with van der Waals surface area (Å²) in [5.41, 5.74) is 2.54. The molecule has 3 aromatic rings. The maximum atomic E-state index is 12.2. The van der Waals surface area contributed by atoms with E-state index in [0.717, 1.165) is 13.0 Å². The third-order valence-corrected chi connectivity index (χ3v) is 4.04. The van der Waals surface area contributed by atoms with Gasteiger partial charge >= 0.3 is 0 Å². The normalized spacial score (nSPS) is 10.2. The molecule has 1 N–H and O–H groups in total. The number of hydrogen-bond acceptors (Lipinski definition) is 2. The summed E-state index contributed by atoms with van der Waals surface area (Å²) in [4.78, 5) is 0. The summed E-state index contributed by atoms with van der Waals surface area (Å²) in [7, 11) is 0. The molecule has 1 nitrogen and oxygen atoms in total. The Labute approximate surface area is 142 Å². The average molecular weight is 327 g/mol. The minimum absolute atomic E-state index is 0.160. The fourth-order valence-corrected chi connectivity index (χ4v) is 2.62. The van der Waals surface area contributed by atoms with Crippen LogP contribution in [0.2, 0.25) is 0 Å². The summed E-state index contributed by atoms with van der Waals surface area (Å²) < 4.78 is 15.5. The third-order valence-electron chi connectivity index (χ3n) is 3.61. The van der Waals surface area contributed by atoms with Gasteiger partial charge in [-0.2, -0.15) is 0 Å². The van der Waals surface area contributed by atoms with Gasteiger partial charge < -0.3 is 0 Å². The van der Waals surface area contributed by atoms with Gasteiger partial charge in [-0.3, -0.25) is 4.72 Å². The maximum Gasteiger partial charge on any atom is 0.123 e. The predicted molar refractivity (Wildman–Crippen MR) is 100 cm³/mol. The molecule has 0 radical (unpaired) electrons. The second-order valence-corrected chi connectivity index (χ2v) is 5.84. The van der Waals surface area contributed by atoms with E-state index in [-0.39, 0.29) is 5.82 Å². The second-order valence-electron chi connectivity index (χ2n) is 5.14. The Balaban J connectivity index is 0.000000185. The molecule has 3 rings (SSSR count). The lowest BCUT2D eigenvalue weighted by Crippen LogP contribution is -2.02. The molecule has 0 heterocycles. The van der Waals surface area contributed by atoms with E-state index in [4.69, 9.17) is 0 Å². The van der Waals surface area contributed by atoms with Crippen molar-refractivity contribution in [3.63, 3.8) is 0 Å². The Hall–Kier alpha value is -1.84. The quantitative estimate of drug-likeness (QED) is 0.626. The zero-order valence-corrected chi connectivity index (χ0v) is 14.4. The highest BCUT2D eigenvalue weighted by atomic mass is 32.2. The lowest BCUT2D eigenvalue weighted by molar-refractivity contribution is 0.627. The summed E-state index contributed by atoms with van der Waals surface area (Å²) in [6.07, 6.45) is 3.02. The molecule has 0 saturated heterocycles. The van der Waals surface area contributed by atoms with Crippen LogP contribution in [0.3, 0.4) is 0 Å². The largest absolute Gasteiger partial charge is 0.260 e. The Bertz CT molecular complexity index is 720. The molecule has 0 aliphatic heterocycles. The van der Waals surface area contributed by atoms with Crippen molar-refractivity contribution in [3.8, 4) is 0 Å². The van der Waals surface area contributed by atoms with Gasteiger partial charge in [-0.25, -0.2) is 4.39 Å². The van der Waals surface area contributed by atoms with Crippen molar-refractivity contribution < 1.29 is 4.39 Å². The fraction of sp³-hybridized carbons (Fsp3) is 0.200. The number of aryl methyl sites for hydroxylation is 1. The standard InChI is InChI=1S/C12H13NS.C8H9F/c1-14-13-9-11-7-4-6-10-5-2-3-8-12(10)11;1-2-7-3-5-8(9)6-4-7/h2-8,13H,9H2,1H3;3-6H,2H2,1H3. The Morgan fingerprint density at radius 1 is 0.913 bits per heavy atom. The zero-order chi connectivity index (χ0) is 16.5. The first-order valence-corrected chi connectivity index (χ1v) is 8.94. The van der Waals surface area contributed by atoms with E-state index in [9.17, 15) is 4.39 Å². The highest BCUT2D eigenvalue weighted by Crippen LogP contribution is 2.18. The molecule has 0 unspecified atom stereocenters. The Morgan fingerprint density at radius 3 is 2.30 bits per heavy atom. The van der Waals surface area contributed by atoms with Crippen molar-refractivity contribution in [1.29, 1.82) is 0 Å². The SMILES string of the molecule is CCc1ccc(F)cc1.CSNCc1cccc2ccccc12. The number of benzene rings is 3. The maximum absolute atomic E-state index is 12.2. The highest BCUT2D eigenvalue weighted by molar-refractivity contribution is 7.96. The molecule has 0 atom stereocenters. The highest BCUT2D eigenvalue weighted by Gasteiger charge is 1.98. The van der Waals surface area contributed by atoms with Crippen LogP contribution in [0.5, 0.6) is 0 Å². The van der Waals surface area contributed by atoms with Crippen LogP contribution >= 0.6 is 11.9 Å². The van der Waals surface area contributed by atoms with Crippen molar-refractivity contribution in [2.45, 2.75) is 19.9 Å². The van der Waals surface area contributed by atoms with Crippen molar-refractivity contribution in [2.75, 3.05) is 6.26 Å². The number of hydrogen-bond donors (Lipinski definition) is 1. The van der Waals surface area contributed by atoms with Gasteiger partial charge in [0.05, 0.1) is 0 Å². The van der Waals surface area contributed by atoms with Crippen LogP contribution in [-0.2, 0) is 13.0 Å². The predicted octanol–water partition coefficient (Wildman–Crippen LogP) is 5.60. The first-order chi connectivity index (χ1) is 11.2. The van der Waals surface area contributed by atoms with Gasteiger partial charge in [0.15, 0.2) is 0 Å². The smallest absolute Gasteiger partial charge is 0.123 e. The second kappa shape index (κ2) is 9.33. The molecular weight excluding hydrogens is 305 g/mol. The number of nitrogens with one attached hydrogen (secondary N) is 1. The summed E-state index contributed by atoms with van der Waals surface area (Å²) in [6, 6.07) is 21.5. The molecule has 3 aromatic carbocycles. The molecule has 0 fully saturated rings. The van der Waals surface area contributed by atoms with E-state index in [0.29, 0.717) is 0 Å². The van der Waals surface area contributed by atoms with E-state index >= 15 is 0 Å². The molecule has 0 spiro atoms. The molecule has 3 heteroatoms. The molecule has 0 saturated carbocycles. The van der Waals surface area contributed by atoms with E-state index in [1.165, 1.54) is 34.0 Å². The molecule has 23 heavy (non-hydrogen) atoms.